The zero-order valence-corrected chi connectivity index (χ0v) is 18.0. The maximum atomic E-state index is 12.4. The Labute approximate surface area is 193 Å². The molecule has 0 radical (unpaired) electrons. The third-order valence-corrected chi connectivity index (χ3v) is 5.13. The summed E-state index contributed by atoms with van der Waals surface area (Å²) in [5, 5.41) is 16.4. The molecule has 8 nitrogen and oxygen atoms in total. The average molecular weight is 457 g/mol. The van der Waals surface area contributed by atoms with E-state index in [-0.39, 0.29) is 12.5 Å². The number of nitrogens with zero attached hydrogens (tertiary/aromatic N) is 5. The van der Waals surface area contributed by atoms with Crippen LogP contribution in [0.2, 0.25) is 5.02 Å². The molecule has 9 heteroatoms. The largest absolute Gasteiger partial charge is 0.482 e. The lowest BCUT2D eigenvalue weighted by atomic mass is 10.1. The maximum absolute atomic E-state index is 12.4. The van der Waals surface area contributed by atoms with Crippen molar-refractivity contribution in [3.05, 3.63) is 90.2 Å². The van der Waals surface area contributed by atoms with Gasteiger partial charge in [0.2, 0.25) is 0 Å². The van der Waals surface area contributed by atoms with Gasteiger partial charge in [0.25, 0.3) is 5.91 Å². The van der Waals surface area contributed by atoms with Crippen molar-refractivity contribution in [2.24, 2.45) is 0 Å². The number of carbonyl (C=O) groups is 1. The molecule has 1 N–H and O–H groups in total. The number of fused-ring (bicyclic) bond motifs is 1. The third kappa shape index (κ3) is 4.51. The molecule has 0 aliphatic rings. The molecule has 0 atom stereocenters. The number of nitrogens with one attached hydrogen (secondary N) is 1. The maximum Gasteiger partial charge on any atom is 0.262 e. The van der Waals surface area contributed by atoms with Crippen LogP contribution >= 0.6 is 11.6 Å². The zero-order chi connectivity index (χ0) is 22.6. The number of aromatic nitrogens is 5. The van der Waals surface area contributed by atoms with Gasteiger partial charge in [-0.3, -0.25) is 9.78 Å². The first-order valence-electron chi connectivity index (χ1n) is 10.1. The molecule has 0 unspecified atom stereocenters. The van der Waals surface area contributed by atoms with E-state index in [1.165, 1.54) is 0 Å². The van der Waals surface area contributed by atoms with Gasteiger partial charge in [-0.25, -0.2) is 0 Å². The van der Waals surface area contributed by atoms with Crippen LogP contribution in [0.15, 0.2) is 85.2 Å². The number of pyridine rings is 1. The van der Waals surface area contributed by atoms with Gasteiger partial charge in [0.05, 0.1) is 10.7 Å². The molecule has 3 aromatic heterocycles. The second-order valence-electron chi connectivity index (χ2n) is 7.10. The lowest BCUT2D eigenvalue weighted by Crippen LogP contribution is -2.20. The Morgan fingerprint density at radius 3 is 2.70 bits per heavy atom. The molecular formula is C24H17ClN6O2. The van der Waals surface area contributed by atoms with E-state index in [0.29, 0.717) is 33.6 Å². The number of rotatable bonds is 6. The van der Waals surface area contributed by atoms with Crippen molar-refractivity contribution >= 4 is 28.8 Å². The zero-order valence-electron chi connectivity index (χ0n) is 17.2. The van der Waals surface area contributed by atoms with Crippen LogP contribution in [0, 0.1) is 0 Å². The summed E-state index contributed by atoms with van der Waals surface area (Å²) in [6.45, 7) is -0.159. The van der Waals surface area contributed by atoms with E-state index in [4.69, 9.17) is 21.4 Å². The molecule has 1 amide bonds. The number of anilines is 1. The highest BCUT2D eigenvalue weighted by Crippen LogP contribution is 2.24. The Kier molecular flexibility index (Phi) is 5.65. The van der Waals surface area contributed by atoms with E-state index in [9.17, 15) is 4.79 Å². The topological polar surface area (TPSA) is 94.3 Å². The first-order chi connectivity index (χ1) is 16.2. The van der Waals surface area contributed by atoms with Crippen molar-refractivity contribution in [3.8, 4) is 28.4 Å². The van der Waals surface area contributed by atoms with Crippen LogP contribution in [0.1, 0.15) is 0 Å². The Hall–Kier alpha value is -4.30. The SMILES string of the molecule is O=C(COc1ccccc1Cl)Nc1cccc(-c2ccc3nnc(-c4cccnc4)n3n2)c1. The fraction of sp³-hybridized carbons (Fsp3) is 0.0417. The molecule has 0 fully saturated rings. The van der Waals surface area contributed by atoms with E-state index >= 15 is 0 Å². The van der Waals surface area contributed by atoms with Gasteiger partial charge in [-0.1, -0.05) is 35.9 Å². The van der Waals surface area contributed by atoms with Crippen LogP contribution in [0.5, 0.6) is 5.75 Å². The minimum Gasteiger partial charge on any atom is -0.482 e. The van der Waals surface area contributed by atoms with Crippen molar-refractivity contribution in [1.82, 2.24) is 24.8 Å². The number of hydrogen-bond donors (Lipinski definition) is 1. The number of para-hydroxylation sites is 1. The molecule has 3 heterocycles. The van der Waals surface area contributed by atoms with Gasteiger partial charge in [0.1, 0.15) is 5.75 Å². The molecule has 0 aliphatic heterocycles. The highest BCUT2D eigenvalue weighted by atomic mass is 35.5. The van der Waals surface area contributed by atoms with Gasteiger partial charge in [0, 0.05) is 29.2 Å². The molecule has 0 saturated heterocycles. The molecular weight excluding hydrogens is 440 g/mol. The lowest BCUT2D eigenvalue weighted by molar-refractivity contribution is -0.118. The van der Waals surface area contributed by atoms with Crippen LogP contribution < -0.4 is 10.1 Å². The first kappa shape index (κ1) is 20.6. The third-order valence-electron chi connectivity index (χ3n) is 4.82. The van der Waals surface area contributed by atoms with Gasteiger partial charge < -0.3 is 10.1 Å². The predicted molar refractivity (Wildman–Crippen MR) is 125 cm³/mol. The smallest absolute Gasteiger partial charge is 0.262 e. The summed E-state index contributed by atoms with van der Waals surface area (Å²) >= 11 is 6.06. The Bertz CT molecular complexity index is 1440. The molecule has 0 saturated carbocycles. The van der Waals surface area contributed by atoms with Gasteiger partial charge >= 0.3 is 0 Å². The van der Waals surface area contributed by atoms with Crippen LogP contribution in [0.4, 0.5) is 5.69 Å². The van der Waals surface area contributed by atoms with E-state index in [0.717, 1.165) is 11.1 Å². The van der Waals surface area contributed by atoms with Crippen molar-refractivity contribution in [3.63, 3.8) is 0 Å². The molecule has 33 heavy (non-hydrogen) atoms. The molecule has 5 rings (SSSR count). The number of hydrogen-bond acceptors (Lipinski definition) is 6. The van der Waals surface area contributed by atoms with Crippen molar-refractivity contribution < 1.29 is 9.53 Å². The Morgan fingerprint density at radius 1 is 0.970 bits per heavy atom. The van der Waals surface area contributed by atoms with E-state index in [1.807, 2.05) is 42.5 Å². The number of carbonyl (C=O) groups excluding carboxylic acids is 1. The van der Waals surface area contributed by atoms with Crippen molar-refractivity contribution in [2.45, 2.75) is 0 Å². The summed E-state index contributed by atoms with van der Waals surface area (Å²) in [6.07, 6.45) is 3.41. The minimum atomic E-state index is -0.298. The molecule has 2 aromatic carbocycles. The summed E-state index contributed by atoms with van der Waals surface area (Å²) in [4.78, 5) is 16.5. The Balaban J connectivity index is 1.35. The molecule has 0 spiro atoms. The summed E-state index contributed by atoms with van der Waals surface area (Å²) in [6, 6.07) is 21.9. The summed E-state index contributed by atoms with van der Waals surface area (Å²) in [5.41, 5.74) is 3.59. The minimum absolute atomic E-state index is 0.159. The number of amides is 1. The van der Waals surface area contributed by atoms with Crippen LogP contribution in [-0.4, -0.2) is 37.3 Å². The monoisotopic (exact) mass is 456 g/mol. The van der Waals surface area contributed by atoms with Crippen molar-refractivity contribution in [1.29, 1.82) is 0 Å². The fourth-order valence-corrected chi connectivity index (χ4v) is 3.47. The average Bonchev–Trinajstić information content (AvgIpc) is 3.28. The quantitative estimate of drug-likeness (QED) is 0.403. The van der Waals surface area contributed by atoms with Gasteiger partial charge in [-0.05, 0) is 48.5 Å². The second kappa shape index (κ2) is 9.05. The van der Waals surface area contributed by atoms with Crippen LogP contribution in [0.25, 0.3) is 28.3 Å². The van der Waals surface area contributed by atoms with Gasteiger partial charge in [-0.2, -0.15) is 9.61 Å². The van der Waals surface area contributed by atoms with Crippen LogP contribution in [0.3, 0.4) is 0 Å². The van der Waals surface area contributed by atoms with Gasteiger partial charge in [0.15, 0.2) is 18.1 Å². The molecule has 0 bridgehead atoms. The molecule has 0 aliphatic carbocycles. The first-order valence-corrected chi connectivity index (χ1v) is 10.5. The number of benzene rings is 2. The number of ether oxygens (including phenoxy) is 1. The van der Waals surface area contributed by atoms with Crippen molar-refractivity contribution in [2.75, 3.05) is 11.9 Å². The highest BCUT2D eigenvalue weighted by Gasteiger charge is 2.12. The summed E-state index contributed by atoms with van der Waals surface area (Å²) in [5.74, 6) is 0.758. The van der Waals surface area contributed by atoms with Crippen LogP contribution in [-0.2, 0) is 4.79 Å². The van der Waals surface area contributed by atoms with E-state index in [1.54, 1.807) is 47.2 Å². The lowest BCUT2D eigenvalue weighted by Gasteiger charge is -2.10. The van der Waals surface area contributed by atoms with E-state index < -0.39 is 0 Å². The molecule has 162 valence electrons. The number of halogens is 1. The van der Waals surface area contributed by atoms with Gasteiger partial charge in [-0.15, -0.1) is 10.2 Å². The summed E-state index contributed by atoms with van der Waals surface area (Å²) in [7, 11) is 0. The fourth-order valence-electron chi connectivity index (χ4n) is 3.28. The second-order valence-corrected chi connectivity index (χ2v) is 7.51. The standard InChI is InChI=1S/C24H17ClN6O2/c25-19-8-1-2-9-21(19)33-15-23(32)27-18-7-3-5-16(13-18)20-10-11-22-28-29-24(31(22)30-20)17-6-4-12-26-14-17/h1-14H,15H2,(H,27,32). The normalized spacial score (nSPS) is 10.8. The predicted octanol–water partition coefficient (Wildman–Crippen LogP) is 4.52. The molecule has 5 aromatic rings. The Morgan fingerprint density at radius 2 is 1.85 bits per heavy atom. The van der Waals surface area contributed by atoms with E-state index in [2.05, 4.69) is 20.5 Å². The summed E-state index contributed by atoms with van der Waals surface area (Å²) < 4.78 is 7.18. The highest BCUT2D eigenvalue weighted by molar-refractivity contribution is 6.32.